The zero-order chi connectivity index (χ0) is 17.4. The first-order chi connectivity index (χ1) is 11.7. The predicted octanol–water partition coefficient (Wildman–Crippen LogP) is 3.49. The molecule has 0 atom stereocenters. The van der Waals surface area contributed by atoms with Gasteiger partial charge in [0, 0.05) is 13.1 Å². The first-order valence-electron chi connectivity index (χ1n) is 8.22. The lowest BCUT2D eigenvalue weighted by atomic mass is 10.2. The van der Waals surface area contributed by atoms with E-state index in [9.17, 15) is 4.79 Å². The van der Waals surface area contributed by atoms with Crippen molar-refractivity contribution in [1.82, 2.24) is 15.1 Å². The molecule has 6 heteroatoms. The summed E-state index contributed by atoms with van der Waals surface area (Å²) in [5, 5.41) is 11.3. The third kappa shape index (κ3) is 4.44. The Bertz CT molecular complexity index is 652. The summed E-state index contributed by atoms with van der Waals surface area (Å²) >= 11 is 0. The molecule has 6 nitrogen and oxygen atoms in total. The number of para-hydroxylation sites is 2. The van der Waals surface area contributed by atoms with Crippen molar-refractivity contribution < 1.29 is 9.53 Å². The van der Waals surface area contributed by atoms with Crippen LogP contribution in [0.25, 0.3) is 0 Å². The van der Waals surface area contributed by atoms with Crippen LogP contribution in [0.5, 0.6) is 5.75 Å². The van der Waals surface area contributed by atoms with Gasteiger partial charge in [0.2, 0.25) is 0 Å². The summed E-state index contributed by atoms with van der Waals surface area (Å²) in [7, 11) is 1.62. The Morgan fingerprint density at radius 1 is 1.08 bits per heavy atom. The molecule has 0 aliphatic heterocycles. The smallest absolute Gasteiger partial charge is 0.274 e. The molecule has 1 amide bonds. The van der Waals surface area contributed by atoms with Crippen LogP contribution in [0.4, 0.5) is 11.5 Å². The second-order valence-corrected chi connectivity index (χ2v) is 5.42. The maximum atomic E-state index is 12.5. The van der Waals surface area contributed by atoms with Gasteiger partial charge in [-0.3, -0.25) is 4.79 Å². The highest BCUT2D eigenvalue weighted by Crippen LogP contribution is 2.25. The van der Waals surface area contributed by atoms with Gasteiger partial charge in [-0.2, -0.15) is 0 Å². The minimum atomic E-state index is -0.0740. The van der Waals surface area contributed by atoms with E-state index in [1.165, 1.54) is 0 Å². The van der Waals surface area contributed by atoms with Crippen molar-refractivity contribution in [2.24, 2.45) is 0 Å². The number of carbonyl (C=O) groups excluding carboxylic acids is 1. The fourth-order valence-corrected chi connectivity index (χ4v) is 2.42. The molecule has 0 bridgehead atoms. The number of benzene rings is 1. The number of hydrogen-bond donors (Lipinski definition) is 1. The van der Waals surface area contributed by atoms with E-state index in [2.05, 4.69) is 29.4 Å². The Morgan fingerprint density at radius 3 is 2.38 bits per heavy atom. The van der Waals surface area contributed by atoms with Crippen molar-refractivity contribution in [2.45, 2.75) is 26.7 Å². The molecular weight excluding hydrogens is 304 g/mol. The Hall–Kier alpha value is -2.63. The number of nitrogens with one attached hydrogen (secondary N) is 1. The number of rotatable bonds is 8. The van der Waals surface area contributed by atoms with Crippen molar-refractivity contribution in [1.29, 1.82) is 0 Å². The molecule has 0 aliphatic rings. The van der Waals surface area contributed by atoms with Crippen molar-refractivity contribution >= 4 is 17.4 Å². The summed E-state index contributed by atoms with van der Waals surface area (Å²) in [6.45, 7) is 5.58. The minimum absolute atomic E-state index is 0.0740. The van der Waals surface area contributed by atoms with Gasteiger partial charge in [-0.15, -0.1) is 10.2 Å². The zero-order valence-electron chi connectivity index (χ0n) is 14.5. The largest absolute Gasteiger partial charge is 0.495 e. The van der Waals surface area contributed by atoms with Crippen molar-refractivity contribution in [3.05, 3.63) is 42.1 Å². The van der Waals surface area contributed by atoms with Crippen LogP contribution in [0, 0.1) is 0 Å². The topological polar surface area (TPSA) is 67.4 Å². The lowest BCUT2D eigenvalue weighted by Gasteiger charge is -2.20. The van der Waals surface area contributed by atoms with E-state index in [1.807, 2.05) is 29.2 Å². The van der Waals surface area contributed by atoms with E-state index in [4.69, 9.17) is 4.74 Å². The molecule has 0 radical (unpaired) electrons. The Balaban J connectivity index is 2.11. The number of amides is 1. The molecule has 2 rings (SSSR count). The standard InChI is InChI=1S/C18H24N4O2/c1-4-12-22(13-5-2)18(23)15-10-11-17(21-20-15)19-14-8-6-7-9-16(14)24-3/h6-11H,4-5,12-13H2,1-3H3,(H,19,21). The quantitative estimate of drug-likeness (QED) is 0.803. The lowest BCUT2D eigenvalue weighted by molar-refractivity contribution is 0.0748. The molecule has 0 saturated carbocycles. The highest BCUT2D eigenvalue weighted by atomic mass is 16.5. The molecule has 0 spiro atoms. The summed E-state index contributed by atoms with van der Waals surface area (Å²) in [4.78, 5) is 14.3. The SMILES string of the molecule is CCCN(CCC)C(=O)c1ccc(Nc2ccccc2OC)nn1. The van der Waals surface area contributed by atoms with Crippen LogP contribution in [0.1, 0.15) is 37.2 Å². The van der Waals surface area contributed by atoms with Gasteiger partial charge in [0.1, 0.15) is 5.75 Å². The number of ether oxygens (including phenoxy) is 1. The highest BCUT2D eigenvalue weighted by Gasteiger charge is 2.16. The maximum absolute atomic E-state index is 12.5. The molecule has 1 N–H and O–H groups in total. The Labute approximate surface area is 142 Å². The van der Waals surface area contributed by atoms with Crippen LogP contribution >= 0.6 is 0 Å². The van der Waals surface area contributed by atoms with Crippen LogP contribution in [0.3, 0.4) is 0 Å². The Kier molecular flexibility index (Phi) is 6.54. The highest BCUT2D eigenvalue weighted by molar-refractivity contribution is 5.92. The molecule has 128 valence electrons. The van der Waals surface area contributed by atoms with E-state index in [1.54, 1.807) is 19.2 Å². The van der Waals surface area contributed by atoms with E-state index in [-0.39, 0.29) is 5.91 Å². The van der Waals surface area contributed by atoms with E-state index < -0.39 is 0 Å². The summed E-state index contributed by atoms with van der Waals surface area (Å²) in [6.07, 6.45) is 1.85. The number of methoxy groups -OCH3 is 1. The van der Waals surface area contributed by atoms with Crippen molar-refractivity contribution in [3.8, 4) is 5.75 Å². The van der Waals surface area contributed by atoms with Gasteiger partial charge in [0.15, 0.2) is 11.5 Å². The molecule has 0 unspecified atom stereocenters. The lowest BCUT2D eigenvalue weighted by Crippen LogP contribution is -2.33. The van der Waals surface area contributed by atoms with Gasteiger partial charge < -0.3 is 15.0 Å². The van der Waals surface area contributed by atoms with Gasteiger partial charge in [0.25, 0.3) is 5.91 Å². The third-order valence-electron chi connectivity index (χ3n) is 3.53. The predicted molar refractivity (Wildman–Crippen MR) is 94.8 cm³/mol. The van der Waals surface area contributed by atoms with Gasteiger partial charge in [-0.05, 0) is 37.1 Å². The summed E-state index contributed by atoms with van der Waals surface area (Å²) in [5.41, 5.74) is 1.16. The second kappa shape index (κ2) is 8.86. The first kappa shape index (κ1) is 17.7. The molecule has 1 heterocycles. The molecule has 1 aromatic heterocycles. The van der Waals surface area contributed by atoms with E-state index in [0.29, 0.717) is 11.5 Å². The average Bonchev–Trinajstić information content (AvgIpc) is 2.62. The van der Waals surface area contributed by atoms with Gasteiger partial charge in [-0.25, -0.2) is 0 Å². The van der Waals surface area contributed by atoms with Gasteiger partial charge >= 0.3 is 0 Å². The number of hydrogen-bond acceptors (Lipinski definition) is 5. The Morgan fingerprint density at radius 2 is 1.79 bits per heavy atom. The minimum Gasteiger partial charge on any atom is -0.495 e. The van der Waals surface area contributed by atoms with Gasteiger partial charge in [-0.1, -0.05) is 26.0 Å². The molecular formula is C18H24N4O2. The monoisotopic (exact) mass is 328 g/mol. The van der Waals surface area contributed by atoms with Crippen molar-refractivity contribution in [2.75, 3.05) is 25.5 Å². The normalized spacial score (nSPS) is 10.3. The fourth-order valence-electron chi connectivity index (χ4n) is 2.42. The molecule has 0 saturated heterocycles. The molecule has 1 aromatic carbocycles. The van der Waals surface area contributed by atoms with Crippen LogP contribution < -0.4 is 10.1 Å². The van der Waals surface area contributed by atoms with Gasteiger partial charge in [0.05, 0.1) is 12.8 Å². The summed E-state index contributed by atoms with van der Waals surface area (Å²) in [6, 6.07) is 11.0. The maximum Gasteiger partial charge on any atom is 0.274 e. The molecule has 2 aromatic rings. The van der Waals surface area contributed by atoms with Crippen LogP contribution in [-0.4, -0.2) is 41.2 Å². The van der Waals surface area contributed by atoms with Crippen LogP contribution in [0.15, 0.2) is 36.4 Å². The first-order valence-corrected chi connectivity index (χ1v) is 8.22. The van der Waals surface area contributed by atoms with E-state index in [0.717, 1.165) is 37.4 Å². The number of carbonyl (C=O) groups is 1. The zero-order valence-corrected chi connectivity index (χ0v) is 14.5. The number of aromatic nitrogens is 2. The summed E-state index contributed by atoms with van der Waals surface area (Å²) in [5.74, 6) is 1.21. The average molecular weight is 328 g/mol. The number of anilines is 2. The molecule has 0 fully saturated rings. The summed E-state index contributed by atoms with van der Waals surface area (Å²) < 4.78 is 5.29. The third-order valence-corrected chi connectivity index (χ3v) is 3.53. The molecule has 24 heavy (non-hydrogen) atoms. The second-order valence-electron chi connectivity index (χ2n) is 5.42. The molecule has 0 aliphatic carbocycles. The fraction of sp³-hybridized carbons (Fsp3) is 0.389. The van der Waals surface area contributed by atoms with Crippen molar-refractivity contribution in [3.63, 3.8) is 0 Å². The van der Waals surface area contributed by atoms with Crippen LogP contribution in [-0.2, 0) is 0 Å². The van der Waals surface area contributed by atoms with E-state index >= 15 is 0 Å². The number of nitrogens with zero attached hydrogens (tertiary/aromatic N) is 3. The van der Waals surface area contributed by atoms with Crippen LogP contribution in [0.2, 0.25) is 0 Å².